The number of hydrogen-bond donors (Lipinski definition) is 0. The molecule has 108 valence electrons. The largest absolute Gasteiger partial charge is 0.482 e. The van der Waals surface area contributed by atoms with Gasteiger partial charge in [0.05, 0.1) is 12.0 Å². The van der Waals surface area contributed by atoms with Crippen LogP contribution in [0.3, 0.4) is 0 Å². The summed E-state index contributed by atoms with van der Waals surface area (Å²) in [4.78, 5) is 12.4. The van der Waals surface area contributed by atoms with Crippen LogP contribution >= 0.6 is 43.5 Å². The summed E-state index contributed by atoms with van der Waals surface area (Å²) >= 11 is 13.1. The molecule has 0 N–H and O–H groups in total. The van der Waals surface area contributed by atoms with Crippen molar-refractivity contribution in [3.63, 3.8) is 0 Å². The van der Waals surface area contributed by atoms with Crippen LogP contribution in [0.1, 0.15) is 29.3 Å². The summed E-state index contributed by atoms with van der Waals surface area (Å²) in [7, 11) is 0. The van der Waals surface area contributed by atoms with Gasteiger partial charge in [-0.05, 0) is 37.3 Å². The predicted molar refractivity (Wildman–Crippen MR) is 90.2 cm³/mol. The Labute approximate surface area is 144 Å². The van der Waals surface area contributed by atoms with Crippen molar-refractivity contribution in [2.75, 3.05) is 0 Å². The minimum Gasteiger partial charge on any atom is -0.482 e. The first kappa shape index (κ1) is 15.1. The maximum absolute atomic E-state index is 12.4. The normalized spacial score (nSPS) is 20.9. The van der Waals surface area contributed by atoms with Gasteiger partial charge in [-0.15, -0.1) is 0 Å². The molecule has 0 aliphatic carbocycles. The molecule has 1 aliphatic heterocycles. The van der Waals surface area contributed by atoms with E-state index in [1.54, 1.807) is 6.07 Å². The van der Waals surface area contributed by atoms with E-state index in [4.69, 9.17) is 16.3 Å². The van der Waals surface area contributed by atoms with Crippen molar-refractivity contribution in [2.24, 2.45) is 0 Å². The van der Waals surface area contributed by atoms with Gasteiger partial charge in [-0.3, -0.25) is 4.79 Å². The highest BCUT2D eigenvalue weighted by Gasteiger charge is 2.39. The number of carbonyl (C=O) groups excluding carboxylic acids is 1. The van der Waals surface area contributed by atoms with Crippen molar-refractivity contribution in [3.05, 3.63) is 61.5 Å². The SMILES string of the molecule is CC1(c2ccc(Br)cc2Cl)CC(=O)c2ccc(Br)cc2O1. The van der Waals surface area contributed by atoms with Crippen molar-refractivity contribution >= 4 is 49.2 Å². The second-order valence-corrected chi connectivity index (χ2v) is 7.44. The van der Waals surface area contributed by atoms with E-state index in [1.165, 1.54) is 0 Å². The van der Waals surface area contributed by atoms with Crippen LogP contribution in [0.5, 0.6) is 5.75 Å². The average molecular weight is 431 g/mol. The second-order valence-electron chi connectivity index (χ2n) is 5.20. The van der Waals surface area contributed by atoms with Gasteiger partial charge in [-0.2, -0.15) is 0 Å². The molecule has 2 nitrogen and oxygen atoms in total. The fourth-order valence-corrected chi connectivity index (χ4v) is 3.77. The van der Waals surface area contributed by atoms with E-state index in [2.05, 4.69) is 31.9 Å². The number of hydrogen-bond acceptors (Lipinski definition) is 2. The van der Waals surface area contributed by atoms with Crippen LogP contribution < -0.4 is 4.74 Å². The molecule has 0 saturated carbocycles. The van der Waals surface area contributed by atoms with Crippen LogP contribution in [-0.2, 0) is 5.60 Å². The number of benzene rings is 2. The predicted octanol–water partition coefficient (Wildman–Crippen LogP) is 5.75. The van der Waals surface area contributed by atoms with Crippen LogP contribution in [0.25, 0.3) is 0 Å². The van der Waals surface area contributed by atoms with Crippen molar-refractivity contribution < 1.29 is 9.53 Å². The van der Waals surface area contributed by atoms with Gasteiger partial charge in [0.25, 0.3) is 0 Å². The molecule has 0 amide bonds. The molecule has 1 unspecified atom stereocenters. The van der Waals surface area contributed by atoms with Crippen molar-refractivity contribution in [2.45, 2.75) is 18.9 Å². The highest BCUT2D eigenvalue weighted by atomic mass is 79.9. The monoisotopic (exact) mass is 428 g/mol. The van der Waals surface area contributed by atoms with Crippen LogP contribution in [0.4, 0.5) is 0 Å². The Morgan fingerprint density at radius 3 is 2.52 bits per heavy atom. The zero-order valence-corrected chi connectivity index (χ0v) is 15.0. The molecule has 0 spiro atoms. The summed E-state index contributed by atoms with van der Waals surface area (Å²) in [5, 5.41) is 0.582. The first-order chi connectivity index (χ1) is 9.89. The molecule has 0 bridgehead atoms. The summed E-state index contributed by atoms with van der Waals surface area (Å²) in [6, 6.07) is 11.0. The van der Waals surface area contributed by atoms with Crippen LogP contribution in [0.15, 0.2) is 45.3 Å². The number of halogens is 3. The fraction of sp³-hybridized carbons (Fsp3) is 0.188. The lowest BCUT2D eigenvalue weighted by molar-refractivity contribution is 0.0504. The number of rotatable bonds is 1. The topological polar surface area (TPSA) is 26.3 Å². The first-order valence-corrected chi connectivity index (χ1v) is 8.33. The molecule has 2 aromatic rings. The minimum atomic E-state index is -0.761. The van der Waals surface area contributed by atoms with Crippen molar-refractivity contribution in [1.82, 2.24) is 0 Å². The summed E-state index contributed by atoms with van der Waals surface area (Å²) in [5.74, 6) is 0.646. The average Bonchev–Trinajstić information content (AvgIpc) is 2.37. The van der Waals surface area contributed by atoms with Crippen LogP contribution in [0.2, 0.25) is 5.02 Å². The number of fused-ring (bicyclic) bond motifs is 1. The zero-order chi connectivity index (χ0) is 15.2. The Morgan fingerprint density at radius 1 is 1.14 bits per heavy atom. The van der Waals surface area contributed by atoms with Crippen molar-refractivity contribution in [3.8, 4) is 5.75 Å². The molecule has 0 radical (unpaired) electrons. The van der Waals surface area contributed by atoms with E-state index < -0.39 is 5.60 Å². The molecule has 0 saturated heterocycles. The van der Waals surface area contributed by atoms with E-state index >= 15 is 0 Å². The Kier molecular flexibility index (Phi) is 3.89. The molecule has 1 heterocycles. The molecule has 0 fully saturated rings. The van der Waals surface area contributed by atoms with Gasteiger partial charge < -0.3 is 4.74 Å². The Balaban J connectivity index is 2.09. The van der Waals surface area contributed by atoms with Gasteiger partial charge in [0.1, 0.15) is 11.4 Å². The van der Waals surface area contributed by atoms with Gasteiger partial charge >= 0.3 is 0 Å². The molecule has 1 aliphatic rings. The first-order valence-electron chi connectivity index (χ1n) is 6.36. The molecule has 1 atom stereocenters. The molecule has 0 aromatic heterocycles. The van der Waals surface area contributed by atoms with Gasteiger partial charge in [0, 0.05) is 19.5 Å². The van der Waals surface area contributed by atoms with Gasteiger partial charge in [-0.25, -0.2) is 0 Å². The number of carbonyl (C=O) groups is 1. The maximum Gasteiger partial charge on any atom is 0.170 e. The minimum absolute atomic E-state index is 0.0604. The Bertz CT molecular complexity index is 745. The third kappa shape index (κ3) is 2.77. The van der Waals surface area contributed by atoms with E-state index in [-0.39, 0.29) is 12.2 Å². The van der Waals surface area contributed by atoms with E-state index in [0.717, 1.165) is 14.5 Å². The molecule has 3 rings (SSSR count). The lowest BCUT2D eigenvalue weighted by Crippen LogP contribution is -2.36. The summed E-state index contributed by atoms with van der Waals surface area (Å²) in [6.07, 6.45) is 0.267. The molecule has 5 heteroatoms. The third-order valence-electron chi connectivity index (χ3n) is 3.58. The summed E-state index contributed by atoms with van der Waals surface area (Å²) in [6.45, 7) is 1.89. The van der Waals surface area contributed by atoms with Crippen LogP contribution in [-0.4, -0.2) is 5.78 Å². The van der Waals surface area contributed by atoms with Gasteiger partial charge in [0.2, 0.25) is 0 Å². The molecule has 21 heavy (non-hydrogen) atoms. The molecular formula is C16H11Br2ClO2. The maximum atomic E-state index is 12.4. The summed E-state index contributed by atoms with van der Waals surface area (Å²) < 4.78 is 7.90. The molecular weight excluding hydrogens is 419 g/mol. The number of Topliss-reactive ketones (excluding diaryl/α,β-unsaturated/α-hetero) is 1. The van der Waals surface area contributed by atoms with E-state index in [0.29, 0.717) is 16.3 Å². The Morgan fingerprint density at radius 2 is 1.81 bits per heavy atom. The van der Waals surface area contributed by atoms with Gasteiger partial charge in [0.15, 0.2) is 5.78 Å². The lowest BCUT2D eigenvalue weighted by atomic mass is 9.85. The highest BCUT2D eigenvalue weighted by molar-refractivity contribution is 9.10. The van der Waals surface area contributed by atoms with Gasteiger partial charge in [-0.1, -0.05) is 49.5 Å². The van der Waals surface area contributed by atoms with E-state index in [1.807, 2.05) is 37.3 Å². The molecule has 2 aromatic carbocycles. The standard InChI is InChI=1S/C16H11Br2ClO2/c1-16(12-5-3-9(17)6-13(12)19)8-14(20)11-4-2-10(18)7-15(11)21-16/h2-7H,8H2,1H3. The fourth-order valence-electron chi connectivity index (χ4n) is 2.56. The highest BCUT2D eigenvalue weighted by Crippen LogP contribution is 2.43. The quantitative estimate of drug-likeness (QED) is 0.576. The van der Waals surface area contributed by atoms with Crippen molar-refractivity contribution in [1.29, 1.82) is 0 Å². The van der Waals surface area contributed by atoms with E-state index in [9.17, 15) is 4.79 Å². The lowest BCUT2D eigenvalue weighted by Gasteiger charge is -2.36. The zero-order valence-electron chi connectivity index (χ0n) is 11.1. The third-order valence-corrected chi connectivity index (χ3v) is 4.88. The number of ketones is 1. The smallest absolute Gasteiger partial charge is 0.170 e. The second kappa shape index (κ2) is 5.41. The number of ether oxygens (including phenoxy) is 1. The Hall–Kier alpha value is -0.840. The summed E-state index contributed by atoms with van der Waals surface area (Å²) in [5.41, 5.74) is 0.665. The van der Waals surface area contributed by atoms with Crippen LogP contribution in [0, 0.1) is 0 Å².